The van der Waals surface area contributed by atoms with E-state index in [1.54, 1.807) is 0 Å². The van der Waals surface area contributed by atoms with Gasteiger partial charge >= 0.3 is 0 Å². The van der Waals surface area contributed by atoms with Crippen molar-refractivity contribution in [1.29, 1.82) is 0 Å². The van der Waals surface area contributed by atoms with E-state index in [2.05, 4.69) is 81.1 Å². The summed E-state index contributed by atoms with van der Waals surface area (Å²) in [6.07, 6.45) is 6.28. The van der Waals surface area contributed by atoms with Crippen molar-refractivity contribution in [3.63, 3.8) is 0 Å². The van der Waals surface area contributed by atoms with E-state index in [4.69, 9.17) is 0 Å². The fourth-order valence-electron chi connectivity index (χ4n) is 2.96. The van der Waals surface area contributed by atoms with Crippen LogP contribution in [0.4, 0.5) is 0 Å². The van der Waals surface area contributed by atoms with Gasteiger partial charge in [0.25, 0.3) is 0 Å². The lowest BCUT2D eigenvalue weighted by molar-refractivity contribution is 1.64. The summed E-state index contributed by atoms with van der Waals surface area (Å²) < 4.78 is 0. The molecule has 0 spiro atoms. The van der Waals surface area contributed by atoms with Crippen LogP contribution in [0.1, 0.15) is 30.5 Å². The van der Waals surface area contributed by atoms with Gasteiger partial charge in [0, 0.05) is 39.0 Å². The van der Waals surface area contributed by atoms with Crippen LogP contribution < -0.4 is 0 Å². The molecule has 0 saturated carbocycles. The minimum Gasteiger partial charge on any atom is -0.135 e. The maximum atomic E-state index is 4.15. The number of hydrogen-bond acceptors (Lipinski definition) is 4. The Morgan fingerprint density at radius 3 is 1.55 bits per heavy atom. The SMILES string of the molecule is C=C(C=CC)c1ccc(-c2ccc(-c3ccc(-c4ccc(C(C)=CC)s4)s3)s2)s1. The van der Waals surface area contributed by atoms with Gasteiger partial charge in [-0.05, 0) is 80.4 Å². The highest BCUT2D eigenvalue weighted by molar-refractivity contribution is 7.28. The Bertz CT molecular complexity index is 1200. The van der Waals surface area contributed by atoms with Crippen molar-refractivity contribution in [2.75, 3.05) is 0 Å². The Labute approximate surface area is 188 Å². The first-order valence-corrected chi connectivity index (χ1v) is 12.7. The Kier molecular flexibility index (Phi) is 6.16. The van der Waals surface area contributed by atoms with Gasteiger partial charge in [0.15, 0.2) is 0 Å². The summed E-state index contributed by atoms with van der Waals surface area (Å²) in [7, 11) is 0. The Hall–Kier alpha value is -1.98. The molecule has 4 aromatic heterocycles. The van der Waals surface area contributed by atoms with Crippen LogP contribution in [-0.2, 0) is 0 Å². The van der Waals surface area contributed by atoms with E-state index in [0.29, 0.717) is 0 Å². The second kappa shape index (κ2) is 8.80. The van der Waals surface area contributed by atoms with Gasteiger partial charge < -0.3 is 0 Å². The molecule has 4 rings (SSSR count). The Morgan fingerprint density at radius 1 is 0.655 bits per heavy atom. The largest absolute Gasteiger partial charge is 0.135 e. The highest BCUT2D eigenvalue weighted by Gasteiger charge is 2.12. The zero-order chi connectivity index (χ0) is 20.4. The summed E-state index contributed by atoms with van der Waals surface area (Å²) in [5, 5.41) is 0. The Balaban J connectivity index is 1.56. The first-order chi connectivity index (χ1) is 14.1. The summed E-state index contributed by atoms with van der Waals surface area (Å²) in [5.41, 5.74) is 2.42. The van der Waals surface area contributed by atoms with Gasteiger partial charge in [-0.3, -0.25) is 0 Å². The van der Waals surface area contributed by atoms with Crippen molar-refractivity contribution in [2.24, 2.45) is 0 Å². The van der Waals surface area contributed by atoms with Crippen molar-refractivity contribution in [1.82, 2.24) is 0 Å². The molecule has 0 aromatic carbocycles. The van der Waals surface area contributed by atoms with Crippen molar-refractivity contribution >= 4 is 56.5 Å². The molecule has 4 aromatic rings. The number of rotatable bonds is 6. The smallest absolute Gasteiger partial charge is 0.0449 e. The summed E-state index contributed by atoms with van der Waals surface area (Å²) in [6.45, 7) is 10.4. The molecule has 0 atom stereocenters. The third-order valence-electron chi connectivity index (χ3n) is 4.66. The van der Waals surface area contributed by atoms with Crippen LogP contribution in [0.5, 0.6) is 0 Å². The minimum absolute atomic E-state index is 1.08. The van der Waals surface area contributed by atoms with Crippen molar-refractivity contribution in [3.8, 4) is 29.3 Å². The number of hydrogen-bond donors (Lipinski definition) is 0. The standard InChI is InChI=1S/C25H22S4/c1-5-7-17(4)19-9-11-21(27-19)23-13-15-25(29-23)24-14-12-22(28-24)20-10-8-18(26-20)16(3)6-2/h5-15H,4H2,1-3H3. The van der Waals surface area contributed by atoms with Gasteiger partial charge in [0.05, 0.1) is 0 Å². The lowest BCUT2D eigenvalue weighted by Crippen LogP contribution is -1.67. The van der Waals surface area contributed by atoms with Crippen LogP contribution in [0, 0.1) is 0 Å². The molecule has 4 heteroatoms. The molecular weight excluding hydrogens is 429 g/mol. The quantitative estimate of drug-likeness (QED) is 0.256. The van der Waals surface area contributed by atoms with Crippen molar-refractivity contribution in [3.05, 3.63) is 83.1 Å². The van der Waals surface area contributed by atoms with Crippen LogP contribution in [0.25, 0.3) is 40.4 Å². The molecule has 0 unspecified atom stereocenters. The fourth-order valence-corrected chi connectivity index (χ4v) is 7.23. The molecule has 0 N–H and O–H groups in total. The predicted octanol–water partition coefficient (Wildman–Crippen LogP) is 9.95. The minimum atomic E-state index is 1.08. The van der Waals surface area contributed by atoms with E-state index in [0.717, 1.165) is 5.57 Å². The Morgan fingerprint density at radius 2 is 1.07 bits per heavy atom. The van der Waals surface area contributed by atoms with Crippen molar-refractivity contribution in [2.45, 2.75) is 20.8 Å². The van der Waals surface area contributed by atoms with Crippen LogP contribution in [-0.4, -0.2) is 0 Å². The van der Waals surface area contributed by atoms with E-state index in [-0.39, 0.29) is 0 Å². The maximum absolute atomic E-state index is 4.15. The van der Waals surface area contributed by atoms with Gasteiger partial charge in [-0.25, -0.2) is 0 Å². The van der Waals surface area contributed by atoms with E-state index >= 15 is 0 Å². The second-order valence-corrected chi connectivity index (χ2v) is 11.0. The third kappa shape index (κ3) is 4.31. The fraction of sp³-hybridized carbons (Fsp3) is 0.120. The first kappa shape index (κ1) is 20.3. The lowest BCUT2D eigenvalue weighted by Gasteiger charge is -1.94. The van der Waals surface area contributed by atoms with Gasteiger partial charge in [-0.2, -0.15) is 0 Å². The van der Waals surface area contributed by atoms with E-state index in [1.807, 2.05) is 58.3 Å². The van der Waals surface area contributed by atoms with Crippen LogP contribution in [0.15, 0.2) is 73.3 Å². The topological polar surface area (TPSA) is 0 Å². The average molecular weight is 451 g/mol. The highest BCUT2D eigenvalue weighted by Crippen LogP contribution is 2.43. The van der Waals surface area contributed by atoms with Gasteiger partial charge in [0.1, 0.15) is 0 Å². The second-order valence-electron chi connectivity index (χ2n) is 6.65. The molecular formula is C25H22S4. The molecule has 0 amide bonds. The molecule has 0 aliphatic heterocycles. The molecule has 146 valence electrons. The van der Waals surface area contributed by atoms with Gasteiger partial charge in [-0.15, -0.1) is 45.3 Å². The molecule has 29 heavy (non-hydrogen) atoms. The number of allylic oxidation sites excluding steroid dienone is 5. The predicted molar refractivity (Wildman–Crippen MR) is 137 cm³/mol. The zero-order valence-corrected chi connectivity index (χ0v) is 20.0. The number of thiophene rings is 4. The van der Waals surface area contributed by atoms with Gasteiger partial charge in [-0.1, -0.05) is 24.8 Å². The summed E-state index contributed by atoms with van der Waals surface area (Å²) in [6, 6.07) is 17.9. The molecule has 0 saturated heterocycles. The van der Waals surface area contributed by atoms with Crippen LogP contribution >= 0.6 is 45.3 Å². The third-order valence-corrected chi connectivity index (χ3v) is 9.80. The van der Waals surface area contributed by atoms with Gasteiger partial charge in [0.2, 0.25) is 0 Å². The molecule has 0 aliphatic rings. The monoisotopic (exact) mass is 450 g/mol. The maximum Gasteiger partial charge on any atom is 0.0449 e. The van der Waals surface area contributed by atoms with Crippen molar-refractivity contribution < 1.29 is 0 Å². The highest BCUT2D eigenvalue weighted by atomic mass is 32.1. The first-order valence-electron chi connectivity index (χ1n) is 9.44. The molecule has 0 bridgehead atoms. The van der Waals surface area contributed by atoms with E-state index in [9.17, 15) is 0 Å². The molecule has 0 radical (unpaired) electrons. The van der Waals surface area contributed by atoms with E-state index in [1.165, 1.54) is 44.6 Å². The van der Waals surface area contributed by atoms with Crippen LogP contribution in [0.2, 0.25) is 0 Å². The normalized spacial score (nSPS) is 12.2. The molecule has 0 fully saturated rings. The molecule has 4 heterocycles. The lowest BCUT2D eigenvalue weighted by atomic mass is 10.2. The average Bonchev–Trinajstić information content (AvgIpc) is 3.51. The van der Waals surface area contributed by atoms with E-state index < -0.39 is 0 Å². The molecule has 0 nitrogen and oxygen atoms in total. The van der Waals surface area contributed by atoms with Crippen LogP contribution in [0.3, 0.4) is 0 Å². The summed E-state index contributed by atoms with van der Waals surface area (Å²) in [4.78, 5) is 10.6. The summed E-state index contributed by atoms with van der Waals surface area (Å²) in [5.74, 6) is 0. The molecule has 0 aliphatic carbocycles. The zero-order valence-electron chi connectivity index (χ0n) is 16.7. The summed E-state index contributed by atoms with van der Waals surface area (Å²) >= 11 is 7.43.